The molecule has 5 nitrogen and oxygen atoms in total. The van der Waals surface area contributed by atoms with Gasteiger partial charge in [0, 0.05) is 6.61 Å². The van der Waals surface area contributed by atoms with Crippen molar-refractivity contribution in [2.45, 2.75) is 12.5 Å². The number of hydrogen-bond donors (Lipinski definition) is 2. The molecule has 3 rings (SSSR count). The number of carbonyl (C=O) groups excluding carboxylic acids is 1. The summed E-state index contributed by atoms with van der Waals surface area (Å²) in [6.07, 6.45) is -0.101. The number of ether oxygens (including phenoxy) is 1. The minimum atomic E-state index is -0.843. The summed E-state index contributed by atoms with van der Waals surface area (Å²) in [5, 5.41) is 14.8. The minimum absolute atomic E-state index is 0.0726. The van der Waals surface area contributed by atoms with Crippen LogP contribution in [0.1, 0.15) is 18.3 Å². The van der Waals surface area contributed by atoms with E-state index in [-0.39, 0.29) is 18.4 Å². The first-order valence-electron chi connectivity index (χ1n) is 6.91. The highest BCUT2D eigenvalue weighted by atomic mass is 32.1. The van der Waals surface area contributed by atoms with Gasteiger partial charge in [0.05, 0.1) is 23.9 Å². The van der Waals surface area contributed by atoms with Gasteiger partial charge < -0.3 is 19.6 Å². The molecule has 2 atom stereocenters. The van der Waals surface area contributed by atoms with E-state index < -0.39 is 6.10 Å². The van der Waals surface area contributed by atoms with Crippen LogP contribution in [0.15, 0.2) is 34.1 Å². The summed E-state index contributed by atoms with van der Waals surface area (Å²) in [6.45, 7) is 1.24. The van der Waals surface area contributed by atoms with E-state index in [4.69, 9.17) is 9.15 Å². The van der Waals surface area contributed by atoms with Crippen LogP contribution in [0.3, 0.4) is 0 Å². The molecule has 2 aromatic heterocycles. The van der Waals surface area contributed by atoms with E-state index in [1.807, 2.05) is 23.6 Å². The second-order valence-corrected chi connectivity index (χ2v) is 5.95. The lowest BCUT2D eigenvalue weighted by molar-refractivity contribution is -0.125. The van der Waals surface area contributed by atoms with Crippen LogP contribution in [-0.4, -0.2) is 30.8 Å². The van der Waals surface area contributed by atoms with Gasteiger partial charge in [-0.1, -0.05) is 6.07 Å². The highest BCUT2D eigenvalue weighted by Crippen LogP contribution is 2.28. The van der Waals surface area contributed by atoms with Crippen LogP contribution >= 0.6 is 11.3 Å². The van der Waals surface area contributed by atoms with Gasteiger partial charge >= 0.3 is 0 Å². The van der Waals surface area contributed by atoms with Gasteiger partial charge in [-0.15, -0.1) is 11.3 Å². The fourth-order valence-corrected chi connectivity index (χ4v) is 2.95. The molecule has 2 aromatic rings. The molecule has 1 fully saturated rings. The third-order valence-corrected chi connectivity index (χ3v) is 4.37. The standard InChI is InChI=1S/C15H17NO4S/c17-11(8-16-15(18)10-5-6-19-9-10)12-3-4-13(20-12)14-2-1-7-21-14/h1-4,7,10-11,17H,5-6,8-9H2,(H,16,18). The average Bonchev–Trinajstić information content (AvgIpc) is 3.25. The molecule has 112 valence electrons. The smallest absolute Gasteiger partial charge is 0.225 e. The number of rotatable bonds is 5. The molecule has 2 N–H and O–H groups in total. The Morgan fingerprint density at radius 2 is 2.38 bits per heavy atom. The summed E-state index contributed by atoms with van der Waals surface area (Å²) in [7, 11) is 0. The molecule has 2 unspecified atom stereocenters. The van der Waals surface area contributed by atoms with Crippen LogP contribution in [0.25, 0.3) is 10.6 Å². The topological polar surface area (TPSA) is 71.7 Å². The highest BCUT2D eigenvalue weighted by molar-refractivity contribution is 7.13. The largest absolute Gasteiger partial charge is 0.457 e. The van der Waals surface area contributed by atoms with Crippen molar-refractivity contribution < 1.29 is 19.1 Å². The van der Waals surface area contributed by atoms with Gasteiger partial charge in [-0.25, -0.2) is 0 Å². The van der Waals surface area contributed by atoms with Crippen LogP contribution in [0.5, 0.6) is 0 Å². The Labute approximate surface area is 126 Å². The SMILES string of the molecule is O=C(NCC(O)c1ccc(-c2cccs2)o1)C1CCOC1. The van der Waals surface area contributed by atoms with E-state index in [9.17, 15) is 9.90 Å². The summed E-state index contributed by atoms with van der Waals surface area (Å²) in [5.74, 6) is 1.02. The number of aliphatic hydroxyl groups excluding tert-OH is 1. The zero-order valence-corrected chi connectivity index (χ0v) is 12.3. The Bertz CT molecular complexity index is 587. The predicted molar refractivity (Wildman–Crippen MR) is 78.9 cm³/mol. The van der Waals surface area contributed by atoms with Gasteiger partial charge in [-0.2, -0.15) is 0 Å². The normalized spacial score (nSPS) is 19.6. The molecular weight excluding hydrogens is 290 g/mol. The van der Waals surface area contributed by atoms with Crippen molar-refractivity contribution in [3.8, 4) is 10.6 Å². The average molecular weight is 307 g/mol. The second kappa shape index (κ2) is 6.43. The third kappa shape index (κ3) is 3.34. The van der Waals surface area contributed by atoms with E-state index in [1.54, 1.807) is 17.4 Å². The molecule has 1 amide bonds. The van der Waals surface area contributed by atoms with Gasteiger partial charge in [0.1, 0.15) is 17.6 Å². The summed E-state index contributed by atoms with van der Waals surface area (Å²) >= 11 is 1.58. The van der Waals surface area contributed by atoms with Crippen LogP contribution < -0.4 is 5.32 Å². The maximum atomic E-state index is 11.8. The Morgan fingerprint density at radius 1 is 1.48 bits per heavy atom. The third-order valence-electron chi connectivity index (χ3n) is 3.49. The number of hydrogen-bond acceptors (Lipinski definition) is 5. The molecule has 0 aromatic carbocycles. The maximum absolute atomic E-state index is 11.8. The van der Waals surface area contributed by atoms with Gasteiger partial charge in [0.2, 0.25) is 5.91 Å². The monoisotopic (exact) mass is 307 g/mol. The molecule has 0 radical (unpaired) electrons. The zero-order chi connectivity index (χ0) is 14.7. The van der Waals surface area contributed by atoms with E-state index >= 15 is 0 Å². The van der Waals surface area contributed by atoms with Gasteiger partial charge in [-0.05, 0) is 30.0 Å². The van der Waals surface area contributed by atoms with Crippen molar-refractivity contribution >= 4 is 17.2 Å². The Hall–Kier alpha value is -1.63. The van der Waals surface area contributed by atoms with Crippen LogP contribution in [-0.2, 0) is 9.53 Å². The number of aliphatic hydroxyl groups is 1. The van der Waals surface area contributed by atoms with Crippen LogP contribution in [0.4, 0.5) is 0 Å². The highest BCUT2D eigenvalue weighted by Gasteiger charge is 2.24. The predicted octanol–water partition coefficient (Wildman–Crippen LogP) is 2.19. The summed E-state index contributed by atoms with van der Waals surface area (Å²) in [4.78, 5) is 12.9. The number of thiophene rings is 1. The van der Waals surface area contributed by atoms with Gasteiger partial charge in [0.25, 0.3) is 0 Å². The molecule has 1 aliphatic rings. The number of carbonyl (C=O) groups is 1. The molecule has 1 aliphatic heterocycles. The van der Waals surface area contributed by atoms with Crippen molar-refractivity contribution in [1.82, 2.24) is 5.32 Å². The van der Waals surface area contributed by atoms with E-state index in [0.717, 1.165) is 17.1 Å². The molecule has 3 heterocycles. The Balaban J connectivity index is 1.55. The zero-order valence-electron chi connectivity index (χ0n) is 11.5. The first-order valence-corrected chi connectivity index (χ1v) is 7.79. The van der Waals surface area contributed by atoms with Crippen molar-refractivity contribution in [2.75, 3.05) is 19.8 Å². The summed E-state index contributed by atoms with van der Waals surface area (Å²) in [6, 6.07) is 7.48. The maximum Gasteiger partial charge on any atom is 0.225 e. The molecular formula is C15H17NO4S. The lowest BCUT2D eigenvalue weighted by Gasteiger charge is -2.12. The Kier molecular flexibility index (Phi) is 4.38. The van der Waals surface area contributed by atoms with Crippen LogP contribution in [0.2, 0.25) is 0 Å². The first-order chi connectivity index (χ1) is 10.2. The van der Waals surface area contributed by atoms with E-state index in [0.29, 0.717) is 19.0 Å². The van der Waals surface area contributed by atoms with Crippen molar-refractivity contribution in [3.05, 3.63) is 35.4 Å². The summed E-state index contributed by atoms with van der Waals surface area (Å²) < 4.78 is 10.8. The molecule has 0 aliphatic carbocycles. The van der Waals surface area contributed by atoms with E-state index in [2.05, 4.69) is 5.32 Å². The second-order valence-electron chi connectivity index (χ2n) is 5.00. The van der Waals surface area contributed by atoms with Gasteiger partial charge in [-0.3, -0.25) is 4.79 Å². The van der Waals surface area contributed by atoms with Crippen molar-refractivity contribution in [3.63, 3.8) is 0 Å². The fourth-order valence-electron chi connectivity index (χ4n) is 2.27. The molecule has 0 bridgehead atoms. The first kappa shape index (κ1) is 14.3. The molecule has 6 heteroatoms. The van der Waals surface area contributed by atoms with E-state index in [1.165, 1.54) is 0 Å². The number of furan rings is 1. The number of amides is 1. The van der Waals surface area contributed by atoms with Crippen molar-refractivity contribution in [1.29, 1.82) is 0 Å². The summed E-state index contributed by atoms with van der Waals surface area (Å²) in [5.41, 5.74) is 0. The lowest BCUT2D eigenvalue weighted by Crippen LogP contribution is -2.34. The van der Waals surface area contributed by atoms with Gasteiger partial charge in [0.15, 0.2) is 0 Å². The quantitative estimate of drug-likeness (QED) is 0.888. The molecule has 21 heavy (non-hydrogen) atoms. The minimum Gasteiger partial charge on any atom is -0.457 e. The Morgan fingerprint density at radius 3 is 3.10 bits per heavy atom. The van der Waals surface area contributed by atoms with Crippen LogP contribution in [0, 0.1) is 5.92 Å². The fraction of sp³-hybridized carbons (Fsp3) is 0.400. The molecule has 1 saturated heterocycles. The molecule has 0 saturated carbocycles. The van der Waals surface area contributed by atoms with Crippen molar-refractivity contribution in [2.24, 2.45) is 5.92 Å². The lowest BCUT2D eigenvalue weighted by atomic mass is 10.1. The number of nitrogens with one attached hydrogen (secondary N) is 1. The molecule has 0 spiro atoms.